The fourth-order valence-electron chi connectivity index (χ4n) is 2.71. The molecule has 2 atom stereocenters. The van der Waals surface area contributed by atoms with Crippen LogP contribution in [0.3, 0.4) is 0 Å². The molecule has 1 aromatic rings. The van der Waals surface area contributed by atoms with Gasteiger partial charge in [-0.2, -0.15) is 0 Å². The summed E-state index contributed by atoms with van der Waals surface area (Å²) in [6.45, 7) is 6.50. The molecule has 5 nitrogen and oxygen atoms in total. The van der Waals surface area contributed by atoms with Gasteiger partial charge in [-0.15, -0.1) is 11.3 Å². The molecular weight excluding hydrogens is 286 g/mol. The fraction of sp³-hybridized carbons (Fsp3) is 0.667. The van der Waals surface area contributed by atoms with E-state index >= 15 is 0 Å². The molecule has 2 heterocycles. The highest BCUT2D eigenvalue weighted by molar-refractivity contribution is 7.09. The highest BCUT2D eigenvalue weighted by Crippen LogP contribution is 2.18. The SMILES string of the molecule is CCCC1NC(=O)C(CC)N(CCc2nc(C)cs2)C1=O. The number of nitrogens with one attached hydrogen (secondary N) is 1. The van der Waals surface area contributed by atoms with Crippen molar-refractivity contribution in [1.29, 1.82) is 0 Å². The third-order valence-corrected chi connectivity index (χ3v) is 4.80. The van der Waals surface area contributed by atoms with Crippen molar-refractivity contribution in [3.05, 3.63) is 16.1 Å². The molecule has 0 bridgehead atoms. The van der Waals surface area contributed by atoms with Crippen LogP contribution in [0.2, 0.25) is 0 Å². The molecule has 2 rings (SSSR count). The minimum Gasteiger partial charge on any atom is -0.343 e. The van der Waals surface area contributed by atoms with Gasteiger partial charge in [-0.1, -0.05) is 20.3 Å². The summed E-state index contributed by atoms with van der Waals surface area (Å²) in [5.41, 5.74) is 1.01. The fourth-order valence-corrected chi connectivity index (χ4v) is 3.48. The Bertz CT molecular complexity index is 515. The molecule has 0 aromatic carbocycles. The Morgan fingerprint density at radius 2 is 2.14 bits per heavy atom. The van der Waals surface area contributed by atoms with Crippen LogP contribution in [-0.2, 0) is 16.0 Å². The number of carbonyl (C=O) groups excluding carboxylic acids is 2. The van der Waals surface area contributed by atoms with Crippen molar-refractivity contribution in [3.8, 4) is 0 Å². The van der Waals surface area contributed by atoms with Gasteiger partial charge in [0.25, 0.3) is 0 Å². The molecule has 0 aliphatic carbocycles. The Morgan fingerprint density at radius 1 is 1.38 bits per heavy atom. The maximum absolute atomic E-state index is 12.6. The van der Waals surface area contributed by atoms with Gasteiger partial charge in [-0.3, -0.25) is 9.59 Å². The van der Waals surface area contributed by atoms with E-state index in [-0.39, 0.29) is 23.9 Å². The van der Waals surface area contributed by atoms with E-state index in [1.165, 1.54) is 0 Å². The number of rotatable bonds is 6. The van der Waals surface area contributed by atoms with Gasteiger partial charge in [-0.25, -0.2) is 4.98 Å². The number of hydrogen-bond acceptors (Lipinski definition) is 4. The van der Waals surface area contributed by atoms with Crippen LogP contribution in [0.5, 0.6) is 0 Å². The summed E-state index contributed by atoms with van der Waals surface area (Å²) < 4.78 is 0. The van der Waals surface area contributed by atoms with Crippen LogP contribution in [0.15, 0.2) is 5.38 Å². The van der Waals surface area contributed by atoms with E-state index in [2.05, 4.69) is 10.3 Å². The molecule has 6 heteroatoms. The van der Waals surface area contributed by atoms with E-state index in [4.69, 9.17) is 0 Å². The standard InChI is InChI=1S/C15H23N3O2S/c1-4-6-11-15(20)18(12(5-2)14(19)17-11)8-7-13-16-10(3)9-21-13/h9,11-12H,4-8H2,1-3H3,(H,17,19). The number of aromatic nitrogens is 1. The molecule has 2 unspecified atom stereocenters. The zero-order valence-electron chi connectivity index (χ0n) is 12.9. The third-order valence-electron chi connectivity index (χ3n) is 3.77. The summed E-state index contributed by atoms with van der Waals surface area (Å²) in [6, 6.07) is -0.699. The van der Waals surface area contributed by atoms with Crippen LogP contribution in [0.4, 0.5) is 0 Å². The minimum absolute atomic E-state index is 0.0223. The first-order chi connectivity index (χ1) is 10.1. The highest BCUT2D eigenvalue weighted by atomic mass is 32.1. The third kappa shape index (κ3) is 3.61. The summed E-state index contributed by atoms with van der Waals surface area (Å²) in [6.07, 6.45) is 2.95. The van der Waals surface area contributed by atoms with E-state index < -0.39 is 0 Å². The number of aryl methyl sites for hydroxylation is 1. The topological polar surface area (TPSA) is 62.3 Å². The van der Waals surface area contributed by atoms with Gasteiger partial charge in [0.2, 0.25) is 11.8 Å². The number of piperazine rings is 1. The molecule has 21 heavy (non-hydrogen) atoms. The Balaban J connectivity index is 2.07. The lowest BCUT2D eigenvalue weighted by atomic mass is 10.0. The van der Waals surface area contributed by atoms with Gasteiger partial charge in [0.1, 0.15) is 12.1 Å². The Kier molecular flexibility index (Phi) is 5.33. The van der Waals surface area contributed by atoms with Crippen molar-refractivity contribution in [3.63, 3.8) is 0 Å². The van der Waals surface area contributed by atoms with Gasteiger partial charge in [0.05, 0.1) is 5.01 Å². The average Bonchev–Trinajstić information content (AvgIpc) is 2.86. The van der Waals surface area contributed by atoms with Gasteiger partial charge in [0, 0.05) is 24.0 Å². The number of amides is 2. The van der Waals surface area contributed by atoms with E-state index in [9.17, 15) is 9.59 Å². The van der Waals surface area contributed by atoms with Crippen LogP contribution in [0.25, 0.3) is 0 Å². The lowest BCUT2D eigenvalue weighted by Crippen LogP contribution is -2.63. The lowest BCUT2D eigenvalue weighted by Gasteiger charge is -2.38. The smallest absolute Gasteiger partial charge is 0.245 e. The molecule has 0 radical (unpaired) electrons. The predicted octanol–water partition coefficient (Wildman–Crippen LogP) is 1.90. The van der Waals surface area contributed by atoms with Crippen molar-refractivity contribution >= 4 is 23.2 Å². The molecule has 1 aliphatic heterocycles. The quantitative estimate of drug-likeness (QED) is 0.873. The van der Waals surface area contributed by atoms with Gasteiger partial charge >= 0.3 is 0 Å². The van der Waals surface area contributed by atoms with Crippen molar-refractivity contribution < 1.29 is 9.59 Å². The predicted molar refractivity (Wildman–Crippen MR) is 83.2 cm³/mol. The number of thiazole rings is 1. The van der Waals surface area contributed by atoms with Crippen LogP contribution >= 0.6 is 11.3 Å². The Hall–Kier alpha value is -1.43. The van der Waals surface area contributed by atoms with E-state index in [1.54, 1.807) is 16.2 Å². The first kappa shape index (κ1) is 15.9. The van der Waals surface area contributed by atoms with Crippen molar-refractivity contribution in [2.24, 2.45) is 0 Å². The van der Waals surface area contributed by atoms with E-state index in [1.807, 2.05) is 26.2 Å². The zero-order chi connectivity index (χ0) is 15.4. The van der Waals surface area contributed by atoms with Gasteiger partial charge < -0.3 is 10.2 Å². The first-order valence-electron chi connectivity index (χ1n) is 7.58. The molecule has 0 spiro atoms. The van der Waals surface area contributed by atoms with Crippen LogP contribution in [0.1, 0.15) is 43.8 Å². The summed E-state index contributed by atoms with van der Waals surface area (Å²) in [5, 5.41) is 5.89. The normalized spacial score (nSPS) is 22.5. The maximum atomic E-state index is 12.6. The number of carbonyl (C=O) groups is 2. The second-order valence-electron chi connectivity index (χ2n) is 5.44. The monoisotopic (exact) mass is 309 g/mol. The molecule has 2 amide bonds. The molecule has 116 valence electrons. The first-order valence-corrected chi connectivity index (χ1v) is 8.46. The molecule has 0 saturated carbocycles. The van der Waals surface area contributed by atoms with Gasteiger partial charge in [0.15, 0.2) is 0 Å². The van der Waals surface area contributed by atoms with E-state index in [0.717, 1.165) is 17.1 Å². The minimum atomic E-state index is -0.358. The summed E-state index contributed by atoms with van der Waals surface area (Å²) in [7, 11) is 0. The number of nitrogens with zero attached hydrogens (tertiary/aromatic N) is 2. The van der Waals surface area contributed by atoms with Crippen molar-refractivity contribution in [1.82, 2.24) is 15.2 Å². The summed E-state index contributed by atoms with van der Waals surface area (Å²) in [4.78, 5) is 30.9. The Labute approximate surface area is 129 Å². The molecule has 1 saturated heterocycles. The second kappa shape index (κ2) is 7.02. The molecule has 1 aliphatic rings. The molecular formula is C15H23N3O2S. The number of hydrogen-bond donors (Lipinski definition) is 1. The van der Waals surface area contributed by atoms with E-state index in [0.29, 0.717) is 25.8 Å². The zero-order valence-corrected chi connectivity index (χ0v) is 13.7. The highest BCUT2D eigenvalue weighted by Gasteiger charge is 2.38. The molecule has 1 fully saturated rings. The van der Waals surface area contributed by atoms with Gasteiger partial charge in [-0.05, 0) is 19.8 Å². The van der Waals surface area contributed by atoms with Crippen molar-refractivity contribution in [2.75, 3.05) is 6.54 Å². The van der Waals surface area contributed by atoms with Crippen molar-refractivity contribution in [2.45, 2.75) is 58.5 Å². The maximum Gasteiger partial charge on any atom is 0.245 e. The van der Waals surface area contributed by atoms with Crippen LogP contribution in [-0.4, -0.2) is 40.3 Å². The van der Waals surface area contributed by atoms with Crippen LogP contribution in [0, 0.1) is 6.92 Å². The largest absolute Gasteiger partial charge is 0.343 e. The second-order valence-corrected chi connectivity index (χ2v) is 6.38. The average molecular weight is 309 g/mol. The Morgan fingerprint density at radius 3 is 2.71 bits per heavy atom. The lowest BCUT2D eigenvalue weighted by molar-refractivity contribution is -0.149. The van der Waals surface area contributed by atoms with Crippen LogP contribution < -0.4 is 5.32 Å². The summed E-state index contributed by atoms with van der Waals surface area (Å²) in [5.74, 6) is 0.0300. The summed E-state index contributed by atoms with van der Waals surface area (Å²) >= 11 is 1.61. The molecule has 1 aromatic heterocycles. The molecule has 1 N–H and O–H groups in total.